The summed E-state index contributed by atoms with van der Waals surface area (Å²) in [6.45, 7) is 9.21. The number of carboxylic acids is 3. The number of nitrogens with zero attached hydrogens (tertiary/aromatic N) is 1. The lowest BCUT2D eigenvalue weighted by molar-refractivity contribution is -0.935. The summed E-state index contributed by atoms with van der Waals surface area (Å²) in [4.78, 5) is 36.0. The Hall–Kier alpha value is -1.89. The fraction of sp³-hybridized carbons (Fsp3) is 0.865. The van der Waals surface area contributed by atoms with Crippen molar-refractivity contribution in [2.75, 3.05) is 26.2 Å². The van der Waals surface area contributed by atoms with Gasteiger partial charge in [0.05, 0.1) is 26.2 Å². The summed E-state index contributed by atoms with van der Waals surface area (Å²) in [5, 5.41) is 29.5. The molecule has 3 N–H and O–H groups in total. The van der Waals surface area contributed by atoms with Crippen molar-refractivity contribution in [2.45, 2.75) is 163 Å². The SMILES string of the molecule is CCCCCCCCCCCCCCC/C=C/CCCCC[N+](CC(CC)C(=O)O)(CC(CC)C(=O)O)CC(CC)C(=O)O. The average Bonchev–Trinajstić information content (AvgIpc) is 2.99. The molecule has 0 rings (SSSR count). The number of aliphatic carboxylic acids is 3. The van der Waals surface area contributed by atoms with Crippen molar-refractivity contribution < 1.29 is 34.2 Å². The lowest BCUT2D eigenvalue weighted by Gasteiger charge is -2.43. The molecule has 258 valence electrons. The molecule has 3 atom stereocenters. The van der Waals surface area contributed by atoms with E-state index in [0.29, 0.717) is 25.8 Å². The van der Waals surface area contributed by atoms with Gasteiger partial charge in [0, 0.05) is 0 Å². The first-order valence-corrected chi connectivity index (χ1v) is 18.3. The number of carbonyl (C=O) groups is 3. The number of allylic oxidation sites excluding steroid dienone is 2. The summed E-state index contributed by atoms with van der Waals surface area (Å²) < 4.78 is 0.245. The van der Waals surface area contributed by atoms with E-state index in [0.717, 1.165) is 32.1 Å². The molecule has 0 aromatic rings. The molecule has 3 unspecified atom stereocenters. The predicted molar refractivity (Wildman–Crippen MR) is 182 cm³/mol. The van der Waals surface area contributed by atoms with Crippen molar-refractivity contribution in [3.8, 4) is 0 Å². The maximum Gasteiger partial charge on any atom is 0.312 e. The van der Waals surface area contributed by atoms with Crippen molar-refractivity contribution in [1.82, 2.24) is 0 Å². The monoisotopic (exact) mass is 625 g/mol. The molecule has 0 amide bonds. The van der Waals surface area contributed by atoms with E-state index in [-0.39, 0.29) is 24.1 Å². The van der Waals surface area contributed by atoms with Crippen LogP contribution in [0.3, 0.4) is 0 Å². The molecule has 44 heavy (non-hydrogen) atoms. The number of hydrogen-bond acceptors (Lipinski definition) is 3. The molecule has 0 heterocycles. The van der Waals surface area contributed by atoms with E-state index >= 15 is 0 Å². The van der Waals surface area contributed by atoms with Gasteiger partial charge >= 0.3 is 17.9 Å². The first kappa shape index (κ1) is 42.1. The maximum absolute atomic E-state index is 12.0. The summed E-state index contributed by atoms with van der Waals surface area (Å²) >= 11 is 0. The zero-order valence-corrected chi connectivity index (χ0v) is 29.1. The van der Waals surface area contributed by atoms with Crippen LogP contribution < -0.4 is 0 Å². The third-order valence-electron chi connectivity index (χ3n) is 9.49. The van der Waals surface area contributed by atoms with Gasteiger partial charge in [-0.05, 0) is 57.8 Å². The quantitative estimate of drug-likeness (QED) is 0.0390. The molecular formula is C37H70NO6+. The van der Waals surface area contributed by atoms with Crippen LogP contribution in [0, 0.1) is 17.8 Å². The molecule has 0 radical (unpaired) electrons. The van der Waals surface area contributed by atoms with Crippen LogP contribution in [0.25, 0.3) is 0 Å². The van der Waals surface area contributed by atoms with Crippen LogP contribution in [-0.2, 0) is 14.4 Å². The van der Waals surface area contributed by atoms with Gasteiger partial charge in [-0.3, -0.25) is 14.4 Å². The zero-order chi connectivity index (χ0) is 33.1. The Morgan fingerprint density at radius 3 is 1.07 bits per heavy atom. The van der Waals surface area contributed by atoms with Gasteiger partial charge in [0.25, 0.3) is 0 Å². The van der Waals surface area contributed by atoms with Gasteiger partial charge in [-0.1, -0.05) is 117 Å². The van der Waals surface area contributed by atoms with Crippen LogP contribution in [0.15, 0.2) is 12.2 Å². The molecule has 0 spiro atoms. The van der Waals surface area contributed by atoms with Crippen LogP contribution in [-0.4, -0.2) is 63.9 Å². The molecule has 0 fully saturated rings. The normalized spacial score (nSPS) is 15.2. The van der Waals surface area contributed by atoms with Gasteiger partial charge in [-0.15, -0.1) is 0 Å². The minimum atomic E-state index is -0.893. The zero-order valence-electron chi connectivity index (χ0n) is 29.1. The van der Waals surface area contributed by atoms with Gasteiger partial charge in [0.15, 0.2) is 0 Å². The Morgan fingerprint density at radius 1 is 0.477 bits per heavy atom. The number of unbranched alkanes of at least 4 members (excludes halogenated alkanes) is 16. The Balaban J connectivity index is 4.61. The number of quaternary nitrogens is 1. The van der Waals surface area contributed by atoms with Crippen molar-refractivity contribution in [3.05, 3.63) is 12.2 Å². The van der Waals surface area contributed by atoms with E-state index in [1.54, 1.807) is 0 Å². The second-order valence-electron chi connectivity index (χ2n) is 13.3. The molecule has 7 nitrogen and oxygen atoms in total. The molecular weight excluding hydrogens is 554 g/mol. The summed E-state index contributed by atoms with van der Waals surface area (Å²) in [6.07, 6.45) is 28.6. The molecule has 0 aromatic heterocycles. The summed E-state index contributed by atoms with van der Waals surface area (Å²) in [7, 11) is 0. The average molecular weight is 625 g/mol. The molecule has 0 saturated carbocycles. The van der Waals surface area contributed by atoms with Crippen LogP contribution >= 0.6 is 0 Å². The Morgan fingerprint density at radius 2 is 0.773 bits per heavy atom. The second kappa shape index (κ2) is 27.4. The topological polar surface area (TPSA) is 112 Å². The molecule has 0 bridgehead atoms. The second-order valence-corrected chi connectivity index (χ2v) is 13.3. The molecule has 7 heteroatoms. The van der Waals surface area contributed by atoms with Gasteiger partial charge in [0.2, 0.25) is 0 Å². The largest absolute Gasteiger partial charge is 0.481 e. The van der Waals surface area contributed by atoms with Gasteiger partial charge in [-0.2, -0.15) is 0 Å². The van der Waals surface area contributed by atoms with Crippen molar-refractivity contribution >= 4 is 17.9 Å². The Bertz CT molecular complexity index is 707. The van der Waals surface area contributed by atoms with E-state index in [1.807, 2.05) is 20.8 Å². The maximum atomic E-state index is 12.0. The smallest absolute Gasteiger partial charge is 0.312 e. The van der Waals surface area contributed by atoms with Gasteiger partial charge in [-0.25, -0.2) is 0 Å². The van der Waals surface area contributed by atoms with Crippen molar-refractivity contribution in [1.29, 1.82) is 0 Å². The third kappa shape index (κ3) is 21.0. The van der Waals surface area contributed by atoms with E-state index in [1.165, 1.54) is 83.5 Å². The minimum absolute atomic E-state index is 0.245. The molecule has 0 saturated heterocycles. The number of hydrogen-bond donors (Lipinski definition) is 3. The molecule has 0 aliphatic carbocycles. The fourth-order valence-corrected chi connectivity index (χ4v) is 6.45. The third-order valence-corrected chi connectivity index (χ3v) is 9.49. The Kier molecular flexibility index (Phi) is 26.2. The van der Waals surface area contributed by atoms with Crippen LogP contribution in [0.2, 0.25) is 0 Å². The summed E-state index contributed by atoms with van der Waals surface area (Å²) in [6, 6.07) is 0. The van der Waals surface area contributed by atoms with Crippen molar-refractivity contribution in [2.24, 2.45) is 17.8 Å². The lowest BCUT2D eigenvalue weighted by atomic mass is 9.95. The summed E-state index contributed by atoms with van der Waals surface area (Å²) in [5.74, 6) is -4.55. The first-order chi connectivity index (χ1) is 21.2. The number of carboxylic acid groups (broad SMARTS) is 3. The predicted octanol–water partition coefficient (Wildman–Crippen LogP) is 9.73. The minimum Gasteiger partial charge on any atom is -0.481 e. The first-order valence-electron chi connectivity index (χ1n) is 18.3. The highest BCUT2D eigenvalue weighted by Gasteiger charge is 2.40. The highest BCUT2D eigenvalue weighted by atomic mass is 16.4. The van der Waals surface area contributed by atoms with Crippen LogP contribution in [0.5, 0.6) is 0 Å². The fourth-order valence-electron chi connectivity index (χ4n) is 6.45. The van der Waals surface area contributed by atoms with Gasteiger partial charge in [0.1, 0.15) is 17.8 Å². The lowest BCUT2D eigenvalue weighted by Crippen LogP contribution is -2.58. The van der Waals surface area contributed by atoms with Crippen LogP contribution in [0.4, 0.5) is 0 Å². The highest BCUT2D eigenvalue weighted by molar-refractivity contribution is 5.71. The van der Waals surface area contributed by atoms with E-state index in [2.05, 4.69) is 19.1 Å². The summed E-state index contributed by atoms with van der Waals surface area (Å²) in [5.41, 5.74) is 0. The molecule has 0 aliphatic heterocycles. The standard InChI is InChI=1S/C37H69NO6/c1-5-9-10-11-12-13-14-15-16-17-18-19-20-21-22-23-24-25-26-27-28-38(29-32(6-2)35(39)40,30-33(7-3)36(41)42)31-34(8-4)37(43)44/h22-23,32-34H,5-21,24-31H2,1-4H3,(H2-,39,40,41,42,43,44)/p+1/b23-22+. The van der Waals surface area contributed by atoms with E-state index in [4.69, 9.17) is 0 Å². The van der Waals surface area contributed by atoms with E-state index in [9.17, 15) is 29.7 Å². The highest BCUT2D eigenvalue weighted by Crippen LogP contribution is 2.25. The van der Waals surface area contributed by atoms with Crippen molar-refractivity contribution in [3.63, 3.8) is 0 Å². The molecule has 0 aromatic carbocycles. The van der Waals surface area contributed by atoms with Crippen LogP contribution in [0.1, 0.15) is 163 Å². The molecule has 0 aliphatic rings. The Labute approximate surface area is 270 Å². The number of rotatable bonds is 32. The van der Waals surface area contributed by atoms with E-state index < -0.39 is 35.7 Å². The van der Waals surface area contributed by atoms with Gasteiger partial charge < -0.3 is 19.8 Å².